The fourth-order valence-electron chi connectivity index (χ4n) is 4.22. The minimum absolute atomic E-state index is 0.106. The Bertz CT molecular complexity index is 1380. The van der Waals surface area contributed by atoms with Crippen molar-refractivity contribution in [1.29, 1.82) is 0 Å². The molecule has 4 aromatic heterocycles. The zero-order chi connectivity index (χ0) is 24.4. The highest BCUT2D eigenvalue weighted by Crippen LogP contribution is 2.33. The number of rotatable bonds is 7. The summed E-state index contributed by atoms with van der Waals surface area (Å²) in [6.45, 7) is 2.39. The van der Waals surface area contributed by atoms with E-state index in [9.17, 15) is 14.9 Å². The van der Waals surface area contributed by atoms with Gasteiger partial charge in [-0.2, -0.15) is 0 Å². The molecule has 1 N–H and O–H groups in total. The van der Waals surface area contributed by atoms with Gasteiger partial charge in [0.25, 0.3) is 5.91 Å². The van der Waals surface area contributed by atoms with Crippen LogP contribution in [0, 0.1) is 10.1 Å². The van der Waals surface area contributed by atoms with Gasteiger partial charge in [0.1, 0.15) is 0 Å². The predicted molar refractivity (Wildman–Crippen MR) is 131 cm³/mol. The SMILES string of the molecule is CCOc1ccc(-c2nc(NC(=O)c3ccc([N+](=O)[O-])s3)c3ncn(C4CCCCC4)c3n2)cn1. The van der Waals surface area contributed by atoms with E-state index in [2.05, 4.69) is 24.8 Å². The van der Waals surface area contributed by atoms with Gasteiger partial charge in [-0.3, -0.25) is 14.9 Å². The number of imidazole rings is 1. The molecule has 0 radical (unpaired) electrons. The van der Waals surface area contributed by atoms with Crippen molar-refractivity contribution < 1.29 is 14.5 Å². The molecule has 4 heterocycles. The van der Waals surface area contributed by atoms with Crippen LogP contribution in [0.5, 0.6) is 5.88 Å². The van der Waals surface area contributed by atoms with Crippen LogP contribution in [0.1, 0.15) is 54.7 Å². The van der Waals surface area contributed by atoms with Crippen molar-refractivity contribution >= 4 is 39.2 Å². The molecule has 1 amide bonds. The maximum atomic E-state index is 12.9. The summed E-state index contributed by atoms with van der Waals surface area (Å²) in [4.78, 5) is 41.8. The van der Waals surface area contributed by atoms with Crippen molar-refractivity contribution in [2.45, 2.75) is 45.1 Å². The lowest BCUT2D eigenvalue weighted by atomic mass is 9.95. The number of carbonyl (C=O) groups is 1. The second kappa shape index (κ2) is 9.74. The van der Waals surface area contributed by atoms with E-state index in [4.69, 9.17) is 9.72 Å². The fraction of sp³-hybridized carbons (Fsp3) is 0.348. The van der Waals surface area contributed by atoms with Gasteiger partial charge in [-0.1, -0.05) is 30.6 Å². The molecule has 0 aliphatic heterocycles. The Kier molecular flexibility index (Phi) is 6.36. The Labute approximate surface area is 204 Å². The molecule has 0 aromatic carbocycles. The van der Waals surface area contributed by atoms with Crippen LogP contribution in [0.25, 0.3) is 22.6 Å². The van der Waals surface area contributed by atoms with Gasteiger partial charge < -0.3 is 14.6 Å². The Morgan fingerprint density at radius 3 is 2.71 bits per heavy atom. The molecule has 0 atom stereocenters. The molecule has 5 rings (SSSR count). The van der Waals surface area contributed by atoms with Gasteiger partial charge in [0, 0.05) is 29.9 Å². The first kappa shape index (κ1) is 22.8. The summed E-state index contributed by atoms with van der Waals surface area (Å²) < 4.78 is 7.49. The first-order valence-electron chi connectivity index (χ1n) is 11.4. The highest BCUT2D eigenvalue weighted by Gasteiger charge is 2.23. The quantitative estimate of drug-likeness (QED) is 0.280. The van der Waals surface area contributed by atoms with Gasteiger partial charge in [0.2, 0.25) is 5.88 Å². The van der Waals surface area contributed by atoms with Crippen LogP contribution in [0.4, 0.5) is 10.8 Å². The highest BCUT2D eigenvalue weighted by atomic mass is 32.1. The molecule has 35 heavy (non-hydrogen) atoms. The second-order valence-electron chi connectivity index (χ2n) is 8.18. The number of aromatic nitrogens is 5. The number of nitro groups is 1. The van der Waals surface area contributed by atoms with Crippen LogP contribution in [-0.4, -0.2) is 41.9 Å². The summed E-state index contributed by atoms with van der Waals surface area (Å²) in [5.41, 5.74) is 1.76. The maximum absolute atomic E-state index is 12.9. The van der Waals surface area contributed by atoms with Crippen molar-refractivity contribution in [3.8, 4) is 17.3 Å². The summed E-state index contributed by atoms with van der Waals surface area (Å²) in [5, 5.41) is 13.7. The third kappa shape index (κ3) is 4.69. The number of fused-ring (bicyclic) bond motifs is 1. The standard InChI is InChI=1S/C23H23N7O4S/c1-2-34-17-10-8-14(12-24-17)20-26-21(28-23(31)16-9-11-18(35-16)30(32)33)19-22(27-20)29(13-25-19)15-6-4-3-5-7-15/h8-13,15H,2-7H2,1H3,(H,26,27,28,31). The number of carbonyl (C=O) groups excluding carboxylic acids is 1. The normalized spacial score (nSPS) is 14.2. The summed E-state index contributed by atoms with van der Waals surface area (Å²) in [5.74, 6) is 0.635. The van der Waals surface area contributed by atoms with Gasteiger partial charge in [-0.15, -0.1) is 0 Å². The number of nitrogens with one attached hydrogen (secondary N) is 1. The molecule has 0 saturated heterocycles. The number of ether oxygens (including phenoxy) is 1. The third-order valence-electron chi connectivity index (χ3n) is 5.90. The minimum Gasteiger partial charge on any atom is -0.478 e. The Morgan fingerprint density at radius 2 is 2.03 bits per heavy atom. The smallest absolute Gasteiger partial charge is 0.324 e. The molecular weight excluding hydrogens is 470 g/mol. The number of amides is 1. The number of thiophene rings is 1. The van der Waals surface area contributed by atoms with Crippen LogP contribution in [0.3, 0.4) is 0 Å². The number of hydrogen-bond acceptors (Lipinski definition) is 9. The minimum atomic E-state index is -0.521. The van der Waals surface area contributed by atoms with Crippen molar-refractivity contribution in [3.63, 3.8) is 0 Å². The molecule has 1 aliphatic rings. The van der Waals surface area contributed by atoms with Crippen molar-refractivity contribution in [1.82, 2.24) is 24.5 Å². The molecule has 11 nitrogen and oxygen atoms in total. The largest absolute Gasteiger partial charge is 0.478 e. The van der Waals surface area contributed by atoms with E-state index in [1.807, 2.05) is 13.0 Å². The van der Waals surface area contributed by atoms with E-state index < -0.39 is 10.8 Å². The van der Waals surface area contributed by atoms with Crippen LogP contribution < -0.4 is 10.1 Å². The molecule has 12 heteroatoms. The number of hydrogen-bond donors (Lipinski definition) is 1. The lowest BCUT2D eigenvalue weighted by molar-refractivity contribution is -0.380. The molecule has 180 valence electrons. The molecule has 1 fully saturated rings. The van der Waals surface area contributed by atoms with E-state index >= 15 is 0 Å². The molecular formula is C23H23N7O4S. The zero-order valence-corrected chi connectivity index (χ0v) is 19.8. The zero-order valence-electron chi connectivity index (χ0n) is 19.0. The molecule has 4 aromatic rings. The predicted octanol–water partition coefficient (Wildman–Crippen LogP) is 5.01. The van der Waals surface area contributed by atoms with Crippen LogP contribution in [-0.2, 0) is 0 Å². The Balaban J connectivity index is 1.56. The second-order valence-corrected chi connectivity index (χ2v) is 9.24. The van der Waals surface area contributed by atoms with E-state index in [-0.39, 0.29) is 21.7 Å². The molecule has 1 aliphatic carbocycles. The van der Waals surface area contributed by atoms with Gasteiger partial charge >= 0.3 is 5.00 Å². The first-order valence-corrected chi connectivity index (χ1v) is 12.2. The lowest BCUT2D eigenvalue weighted by Crippen LogP contribution is -2.14. The molecule has 0 bridgehead atoms. The average molecular weight is 494 g/mol. The molecule has 0 spiro atoms. The topological polar surface area (TPSA) is 138 Å². The van der Waals surface area contributed by atoms with Crippen molar-refractivity contribution in [3.05, 3.63) is 51.8 Å². The summed E-state index contributed by atoms with van der Waals surface area (Å²) in [7, 11) is 0. The fourth-order valence-corrected chi connectivity index (χ4v) is 4.94. The van der Waals surface area contributed by atoms with Crippen LogP contribution in [0.2, 0.25) is 0 Å². The monoisotopic (exact) mass is 493 g/mol. The van der Waals surface area contributed by atoms with E-state index in [1.165, 1.54) is 18.6 Å². The van der Waals surface area contributed by atoms with Gasteiger partial charge in [-0.05, 0) is 31.9 Å². The first-order chi connectivity index (χ1) is 17.0. The van der Waals surface area contributed by atoms with Crippen LogP contribution in [0.15, 0.2) is 36.8 Å². The summed E-state index contributed by atoms with van der Waals surface area (Å²) >= 11 is 0.804. The van der Waals surface area contributed by atoms with Crippen molar-refractivity contribution in [2.24, 2.45) is 0 Å². The Morgan fingerprint density at radius 1 is 1.20 bits per heavy atom. The number of nitrogens with zero attached hydrogens (tertiary/aromatic N) is 6. The van der Waals surface area contributed by atoms with E-state index in [0.29, 0.717) is 35.0 Å². The number of anilines is 1. The van der Waals surface area contributed by atoms with Gasteiger partial charge in [0.05, 0.1) is 22.7 Å². The number of pyridine rings is 1. The third-order valence-corrected chi connectivity index (χ3v) is 6.94. The van der Waals surface area contributed by atoms with E-state index in [1.54, 1.807) is 18.6 Å². The van der Waals surface area contributed by atoms with Gasteiger partial charge in [0.15, 0.2) is 22.8 Å². The average Bonchev–Trinajstić information content (AvgIpc) is 3.53. The van der Waals surface area contributed by atoms with Crippen molar-refractivity contribution in [2.75, 3.05) is 11.9 Å². The van der Waals surface area contributed by atoms with E-state index in [0.717, 1.165) is 37.0 Å². The van der Waals surface area contributed by atoms with Crippen LogP contribution >= 0.6 is 11.3 Å². The molecule has 1 saturated carbocycles. The highest BCUT2D eigenvalue weighted by molar-refractivity contribution is 7.17. The Hall–Kier alpha value is -3.93. The molecule has 0 unspecified atom stereocenters. The summed E-state index contributed by atoms with van der Waals surface area (Å²) in [6, 6.07) is 6.57. The lowest BCUT2D eigenvalue weighted by Gasteiger charge is -2.23. The maximum Gasteiger partial charge on any atom is 0.324 e. The van der Waals surface area contributed by atoms with Gasteiger partial charge in [-0.25, -0.2) is 19.9 Å². The summed E-state index contributed by atoms with van der Waals surface area (Å²) in [6.07, 6.45) is 8.96.